The summed E-state index contributed by atoms with van der Waals surface area (Å²) in [4.78, 5) is 11.9. The quantitative estimate of drug-likeness (QED) is 0.386. The Hall–Kier alpha value is -3.86. The van der Waals surface area contributed by atoms with Gasteiger partial charge < -0.3 is 9.84 Å². The standard InChI is InChI=1S/C23H20N2O3/c1-28-21-12-13-22(26)20(15-21)16-24-25-23(27)14-9-17-7-10-19(11-8-17)18-5-3-2-4-6-18/h2-16,26H,1H3,(H,25,27)/b14-9+,24-16+. The molecule has 2 N–H and O–H groups in total. The van der Waals surface area contributed by atoms with E-state index in [0.29, 0.717) is 11.3 Å². The Kier molecular flexibility index (Phi) is 6.21. The normalized spacial score (nSPS) is 11.0. The van der Waals surface area contributed by atoms with Crippen LogP contribution in [0, 0.1) is 0 Å². The van der Waals surface area contributed by atoms with Gasteiger partial charge in [-0.05, 0) is 41.0 Å². The molecule has 0 aliphatic rings. The molecule has 3 rings (SSSR count). The molecule has 3 aromatic carbocycles. The Morgan fingerprint density at radius 1 is 1.00 bits per heavy atom. The molecule has 0 radical (unpaired) electrons. The molecular weight excluding hydrogens is 352 g/mol. The van der Waals surface area contributed by atoms with Gasteiger partial charge in [-0.3, -0.25) is 4.79 Å². The number of ether oxygens (including phenoxy) is 1. The molecule has 28 heavy (non-hydrogen) atoms. The Bertz CT molecular complexity index is 994. The lowest BCUT2D eigenvalue weighted by Crippen LogP contribution is -2.14. The Balaban J connectivity index is 1.58. The van der Waals surface area contributed by atoms with Crippen molar-refractivity contribution >= 4 is 18.2 Å². The van der Waals surface area contributed by atoms with Crippen LogP contribution >= 0.6 is 0 Å². The number of hydrogen-bond donors (Lipinski definition) is 2. The van der Waals surface area contributed by atoms with Crippen LogP contribution in [-0.2, 0) is 4.79 Å². The highest BCUT2D eigenvalue weighted by Crippen LogP contribution is 2.21. The van der Waals surface area contributed by atoms with Gasteiger partial charge in [0.15, 0.2) is 0 Å². The molecule has 0 saturated carbocycles. The molecule has 0 unspecified atom stereocenters. The number of phenols is 1. The van der Waals surface area contributed by atoms with Crippen LogP contribution in [0.15, 0.2) is 84.0 Å². The average molecular weight is 372 g/mol. The summed E-state index contributed by atoms with van der Waals surface area (Å²) in [6, 6.07) is 22.8. The zero-order chi connectivity index (χ0) is 19.8. The van der Waals surface area contributed by atoms with Crippen molar-refractivity contribution < 1.29 is 14.6 Å². The number of carbonyl (C=O) groups excluding carboxylic acids is 1. The number of benzene rings is 3. The SMILES string of the molecule is COc1ccc(O)c(/C=N/NC(=O)/C=C/c2ccc(-c3ccccc3)cc2)c1. The van der Waals surface area contributed by atoms with E-state index in [1.807, 2.05) is 42.5 Å². The highest BCUT2D eigenvalue weighted by atomic mass is 16.5. The molecule has 0 heterocycles. The molecule has 3 aromatic rings. The zero-order valence-corrected chi connectivity index (χ0v) is 15.4. The first kappa shape index (κ1) is 18.9. The zero-order valence-electron chi connectivity index (χ0n) is 15.4. The van der Waals surface area contributed by atoms with Gasteiger partial charge in [0.1, 0.15) is 11.5 Å². The van der Waals surface area contributed by atoms with E-state index in [1.54, 1.807) is 18.2 Å². The van der Waals surface area contributed by atoms with E-state index in [9.17, 15) is 9.90 Å². The van der Waals surface area contributed by atoms with Crippen molar-refractivity contribution in [3.05, 3.63) is 90.0 Å². The molecule has 5 nitrogen and oxygen atoms in total. The van der Waals surface area contributed by atoms with E-state index in [-0.39, 0.29) is 11.7 Å². The van der Waals surface area contributed by atoms with Gasteiger partial charge in [0, 0.05) is 11.6 Å². The van der Waals surface area contributed by atoms with Crippen LogP contribution in [0.1, 0.15) is 11.1 Å². The summed E-state index contributed by atoms with van der Waals surface area (Å²) in [5.41, 5.74) is 6.01. The van der Waals surface area contributed by atoms with E-state index in [4.69, 9.17) is 4.74 Å². The van der Waals surface area contributed by atoms with E-state index in [0.717, 1.165) is 16.7 Å². The van der Waals surface area contributed by atoms with Crippen molar-refractivity contribution in [3.8, 4) is 22.6 Å². The Morgan fingerprint density at radius 3 is 2.43 bits per heavy atom. The van der Waals surface area contributed by atoms with Gasteiger partial charge in [-0.25, -0.2) is 5.43 Å². The lowest BCUT2D eigenvalue weighted by atomic mass is 10.0. The van der Waals surface area contributed by atoms with E-state index < -0.39 is 0 Å². The number of hydrogen-bond acceptors (Lipinski definition) is 4. The number of hydrazone groups is 1. The van der Waals surface area contributed by atoms with Gasteiger partial charge in [-0.1, -0.05) is 54.6 Å². The number of nitrogens with one attached hydrogen (secondary N) is 1. The number of methoxy groups -OCH3 is 1. The highest BCUT2D eigenvalue weighted by Gasteiger charge is 2.01. The summed E-state index contributed by atoms with van der Waals surface area (Å²) in [6.07, 6.45) is 4.47. The number of phenolic OH excluding ortho intramolecular Hbond substituents is 1. The topological polar surface area (TPSA) is 70.9 Å². The van der Waals surface area contributed by atoms with Gasteiger partial charge in [0.05, 0.1) is 13.3 Å². The minimum atomic E-state index is -0.370. The fraction of sp³-hybridized carbons (Fsp3) is 0.0435. The van der Waals surface area contributed by atoms with Crippen molar-refractivity contribution in [2.24, 2.45) is 5.10 Å². The maximum absolute atomic E-state index is 11.9. The molecule has 0 aromatic heterocycles. The van der Waals surface area contributed by atoms with Crippen LogP contribution < -0.4 is 10.2 Å². The third-order valence-electron chi connectivity index (χ3n) is 4.06. The summed E-state index contributed by atoms with van der Waals surface area (Å²) in [6.45, 7) is 0. The molecule has 0 bridgehead atoms. The predicted molar refractivity (Wildman–Crippen MR) is 111 cm³/mol. The number of amides is 1. The summed E-state index contributed by atoms with van der Waals surface area (Å²) < 4.78 is 5.09. The second kappa shape index (κ2) is 9.19. The number of aromatic hydroxyl groups is 1. The summed E-state index contributed by atoms with van der Waals surface area (Å²) >= 11 is 0. The van der Waals surface area contributed by atoms with Gasteiger partial charge in [0.2, 0.25) is 0 Å². The molecule has 0 spiro atoms. The molecule has 0 saturated heterocycles. The number of carbonyl (C=O) groups is 1. The van der Waals surface area contributed by atoms with Gasteiger partial charge in [0.25, 0.3) is 5.91 Å². The third-order valence-corrected chi connectivity index (χ3v) is 4.06. The molecular formula is C23H20N2O3. The first-order chi connectivity index (χ1) is 13.7. The van der Waals surface area contributed by atoms with Crippen molar-refractivity contribution in [3.63, 3.8) is 0 Å². The first-order valence-electron chi connectivity index (χ1n) is 8.69. The second-order valence-electron chi connectivity index (χ2n) is 5.98. The molecule has 1 amide bonds. The predicted octanol–water partition coefficient (Wildman–Crippen LogP) is 4.23. The highest BCUT2D eigenvalue weighted by molar-refractivity contribution is 5.93. The molecule has 5 heteroatoms. The van der Waals surface area contributed by atoms with Crippen LogP contribution in [0.4, 0.5) is 0 Å². The smallest absolute Gasteiger partial charge is 0.264 e. The minimum Gasteiger partial charge on any atom is -0.507 e. The molecule has 0 fully saturated rings. The first-order valence-corrected chi connectivity index (χ1v) is 8.69. The fourth-order valence-electron chi connectivity index (χ4n) is 2.55. The van der Waals surface area contributed by atoms with Crippen LogP contribution in [0.5, 0.6) is 11.5 Å². The van der Waals surface area contributed by atoms with Crippen LogP contribution in [-0.4, -0.2) is 24.3 Å². The van der Waals surface area contributed by atoms with Crippen LogP contribution in [0.2, 0.25) is 0 Å². The molecule has 0 atom stereocenters. The molecule has 0 aliphatic heterocycles. The van der Waals surface area contributed by atoms with Gasteiger partial charge >= 0.3 is 0 Å². The van der Waals surface area contributed by atoms with E-state index in [2.05, 4.69) is 22.7 Å². The number of rotatable bonds is 6. The van der Waals surface area contributed by atoms with Crippen molar-refractivity contribution in [1.82, 2.24) is 5.43 Å². The van der Waals surface area contributed by atoms with E-state index >= 15 is 0 Å². The van der Waals surface area contributed by atoms with Crippen molar-refractivity contribution in [2.45, 2.75) is 0 Å². The summed E-state index contributed by atoms with van der Waals surface area (Å²) in [5.74, 6) is 0.267. The van der Waals surface area contributed by atoms with E-state index in [1.165, 1.54) is 25.5 Å². The maximum Gasteiger partial charge on any atom is 0.264 e. The fourth-order valence-corrected chi connectivity index (χ4v) is 2.55. The summed E-state index contributed by atoms with van der Waals surface area (Å²) in [7, 11) is 1.53. The van der Waals surface area contributed by atoms with Crippen LogP contribution in [0.3, 0.4) is 0 Å². The van der Waals surface area contributed by atoms with Gasteiger partial charge in [-0.2, -0.15) is 5.10 Å². The average Bonchev–Trinajstić information content (AvgIpc) is 2.74. The second-order valence-corrected chi connectivity index (χ2v) is 5.98. The monoisotopic (exact) mass is 372 g/mol. The largest absolute Gasteiger partial charge is 0.507 e. The van der Waals surface area contributed by atoms with Gasteiger partial charge in [-0.15, -0.1) is 0 Å². The molecule has 0 aliphatic carbocycles. The molecule has 140 valence electrons. The third kappa shape index (κ3) is 5.08. The lowest BCUT2D eigenvalue weighted by Gasteiger charge is -2.03. The van der Waals surface area contributed by atoms with Crippen molar-refractivity contribution in [1.29, 1.82) is 0 Å². The van der Waals surface area contributed by atoms with Crippen molar-refractivity contribution in [2.75, 3.05) is 7.11 Å². The maximum atomic E-state index is 11.9. The Labute approximate surface area is 163 Å². The Morgan fingerprint density at radius 2 is 1.71 bits per heavy atom. The number of nitrogens with zero attached hydrogens (tertiary/aromatic N) is 1. The lowest BCUT2D eigenvalue weighted by molar-refractivity contribution is -0.116. The van der Waals surface area contributed by atoms with Crippen LogP contribution in [0.25, 0.3) is 17.2 Å². The summed E-state index contributed by atoms with van der Waals surface area (Å²) in [5, 5.41) is 13.6. The minimum absolute atomic E-state index is 0.0489.